The van der Waals surface area contributed by atoms with Crippen LogP contribution in [-0.2, 0) is 16.2 Å². The van der Waals surface area contributed by atoms with Crippen LogP contribution in [0.15, 0.2) is 54.6 Å². The van der Waals surface area contributed by atoms with E-state index in [-0.39, 0.29) is 5.91 Å². The molecule has 2 aromatic carbocycles. The van der Waals surface area contributed by atoms with Crippen LogP contribution in [0.25, 0.3) is 0 Å². The summed E-state index contributed by atoms with van der Waals surface area (Å²) < 4.78 is 5.92. The van der Waals surface area contributed by atoms with E-state index in [1.54, 1.807) is 6.92 Å². The molecule has 1 unspecified atom stereocenters. The summed E-state index contributed by atoms with van der Waals surface area (Å²) >= 11 is 0. The van der Waals surface area contributed by atoms with Crippen LogP contribution in [0, 0.1) is 18.3 Å². The van der Waals surface area contributed by atoms with Crippen molar-refractivity contribution in [3.63, 3.8) is 0 Å². The van der Waals surface area contributed by atoms with Crippen LogP contribution >= 0.6 is 0 Å². The highest BCUT2D eigenvalue weighted by Crippen LogP contribution is 2.23. The molecule has 6 heteroatoms. The molecule has 2 amide bonds. The van der Waals surface area contributed by atoms with Gasteiger partial charge >= 0.3 is 0 Å². The molecule has 2 rings (SSSR count). The van der Waals surface area contributed by atoms with Crippen molar-refractivity contribution in [1.82, 2.24) is 5.32 Å². The second-order valence-electron chi connectivity index (χ2n) is 9.60. The smallest absolute Gasteiger partial charge is 0.225 e. The molecule has 33 heavy (non-hydrogen) atoms. The van der Waals surface area contributed by atoms with E-state index in [0.29, 0.717) is 19.1 Å². The van der Waals surface area contributed by atoms with Crippen molar-refractivity contribution >= 4 is 17.5 Å². The van der Waals surface area contributed by atoms with Crippen LogP contribution in [0.4, 0.5) is 5.69 Å². The first-order chi connectivity index (χ1) is 15.6. The van der Waals surface area contributed by atoms with Crippen molar-refractivity contribution in [3.8, 4) is 5.75 Å². The Kier molecular flexibility index (Phi) is 9.76. The molecule has 0 saturated carbocycles. The quantitative estimate of drug-likeness (QED) is 0.473. The Morgan fingerprint density at radius 3 is 2.27 bits per heavy atom. The highest BCUT2D eigenvalue weighted by atomic mass is 16.5. The van der Waals surface area contributed by atoms with Crippen LogP contribution < -0.4 is 20.7 Å². The summed E-state index contributed by atoms with van der Waals surface area (Å²) in [4.78, 5) is 25.9. The van der Waals surface area contributed by atoms with E-state index in [0.717, 1.165) is 30.0 Å². The molecular formula is C27H38N3O3. The minimum Gasteiger partial charge on any atom is -0.489 e. The van der Waals surface area contributed by atoms with E-state index in [1.165, 1.54) is 6.42 Å². The number of nitrogens with zero attached hydrogens (tertiary/aromatic N) is 1. The Morgan fingerprint density at radius 1 is 1.06 bits per heavy atom. The number of anilines is 1. The van der Waals surface area contributed by atoms with Crippen LogP contribution in [0.2, 0.25) is 0 Å². The van der Waals surface area contributed by atoms with E-state index in [2.05, 4.69) is 36.2 Å². The molecular weight excluding hydrogens is 414 g/mol. The number of benzene rings is 2. The van der Waals surface area contributed by atoms with Crippen molar-refractivity contribution in [2.24, 2.45) is 17.6 Å². The van der Waals surface area contributed by atoms with E-state index in [4.69, 9.17) is 10.5 Å². The first kappa shape index (κ1) is 26.2. The molecule has 0 heterocycles. The van der Waals surface area contributed by atoms with Gasteiger partial charge in [0.2, 0.25) is 11.8 Å². The number of nitrogens with one attached hydrogen (secondary N) is 1. The number of ether oxygens (including phenoxy) is 1. The molecule has 6 nitrogen and oxygen atoms in total. The zero-order valence-corrected chi connectivity index (χ0v) is 20.5. The summed E-state index contributed by atoms with van der Waals surface area (Å²) in [5.41, 5.74) is 6.96. The molecule has 1 atom stereocenters. The van der Waals surface area contributed by atoms with Gasteiger partial charge in [-0.15, -0.1) is 0 Å². The predicted molar refractivity (Wildman–Crippen MR) is 134 cm³/mol. The number of carbonyl (C=O) groups excluding carboxylic acids is 2. The van der Waals surface area contributed by atoms with Crippen LogP contribution in [0.5, 0.6) is 5.75 Å². The molecule has 0 saturated heterocycles. The van der Waals surface area contributed by atoms with Gasteiger partial charge in [-0.2, -0.15) is 0 Å². The minimum atomic E-state index is -0.610. The van der Waals surface area contributed by atoms with Crippen LogP contribution in [-0.4, -0.2) is 30.4 Å². The molecule has 179 valence electrons. The van der Waals surface area contributed by atoms with E-state index in [1.807, 2.05) is 56.3 Å². The molecule has 0 spiro atoms. The van der Waals surface area contributed by atoms with Crippen LogP contribution in [0.1, 0.15) is 46.6 Å². The number of hydrogen-bond acceptors (Lipinski definition) is 4. The number of carbonyl (C=O) groups is 2. The van der Waals surface area contributed by atoms with Gasteiger partial charge in [-0.3, -0.25) is 9.59 Å². The Balaban J connectivity index is 2.04. The van der Waals surface area contributed by atoms with Crippen molar-refractivity contribution in [3.05, 3.63) is 66.6 Å². The van der Waals surface area contributed by atoms with E-state index < -0.39 is 17.4 Å². The summed E-state index contributed by atoms with van der Waals surface area (Å²) in [6.45, 7) is 12.0. The van der Waals surface area contributed by atoms with Gasteiger partial charge in [-0.05, 0) is 56.0 Å². The Hall–Kier alpha value is -3.02. The lowest BCUT2D eigenvalue weighted by Crippen LogP contribution is -2.52. The fourth-order valence-corrected chi connectivity index (χ4v) is 3.41. The van der Waals surface area contributed by atoms with Gasteiger partial charge in [0.05, 0.1) is 12.0 Å². The van der Waals surface area contributed by atoms with E-state index >= 15 is 0 Å². The summed E-state index contributed by atoms with van der Waals surface area (Å²) in [7, 11) is 0. The topological polar surface area (TPSA) is 84.7 Å². The maximum Gasteiger partial charge on any atom is 0.225 e. The molecule has 1 radical (unpaired) electrons. The number of nitrogens with two attached hydrogens (primary N) is 1. The summed E-state index contributed by atoms with van der Waals surface area (Å²) in [5, 5.41) is 3.01. The average molecular weight is 453 g/mol. The maximum absolute atomic E-state index is 12.4. The zero-order chi connectivity index (χ0) is 24.4. The van der Waals surface area contributed by atoms with Crippen molar-refractivity contribution in [2.75, 3.05) is 18.0 Å². The lowest BCUT2D eigenvalue weighted by atomic mass is 10.0. The largest absolute Gasteiger partial charge is 0.489 e. The normalized spacial score (nSPS) is 12.3. The Morgan fingerprint density at radius 2 is 1.70 bits per heavy atom. The monoisotopic (exact) mass is 452 g/mol. The van der Waals surface area contributed by atoms with Gasteiger partial charge in [-0.1, -0.05) is 51.1 Å². The number of amides is 2. The fraction of sp³-hybridized carbons (Fsp3) is 0.444. The lowest BCUT2D eigenvalue weighted by molar-refractivity contribution is -0.125. The Bertz CT molecular complexity index is 879. The third-order valence-corrected chi connectivity index (χ3v) is 5.32. The second kappa shape index (κ2) is 12.3. The van der Waals surface area contributed by atoms with Gasteiger partial charge in [0, 0.05) is 24.7 Å². The molecule has 0 bridgehead atoms. The molecule has 0 aliphatic rings. The van der Waals surface area contributed by atoms with Gasteiger partial charge in [0.1, 0.15) is 12.4 Å². The average Bonchev–Trinajstić information content (AvgIpc) is 2.75. The van der Waals surface area contributed by atoms with Crippen molar-refractivity contribution in [1.29, 1.82) is 0 Å². The maximum atomic E-state index is 12.4. The zero-order valence-electron chi connectivity index (χ0n) is 20.5. The van der Waals surface area contributed by atoms with Crippen molar-refractivity contribution < 1.29 is 14.3 Å². The second-order valence-corrected chi connectivity index (χ2v) is 9.60. The predicted octanol–water partition coefficient (Wildman–Crippen LogP) is 4.34. The van der Waals surface area contributed by atoms with Gasteiger partial charge in [0.25, 0.3) is 0 Å². The lowest BCUT2D eigenvalue weighted by Gasteiger charge is -2.35. The molecule has 0 aliphatic carbocycles. The van der Waals surface area contributed by atoms with Gasteiger partial charge in [-0.25, -0.2) is 0 Å². The first-order valence-electron chi connectivity index (χ1n) is 11.5. The molecule has 2 aromatic rings. The van der Waals surface area contributed by atoms with Crippen LogP contribution in [0.3, 0.4) is 0 Å². The summed E-state index contributed by atoms with van der Waals surface area (Å²) in [6.07, 6.45) is 2.36. The van der Waals surface area contributed by atoms with E-state index in [9.17, 15) is 9.59 Å². The van der Waals surface area contributed by atoms with Gasteiger partial charge in [0.15, 0.2) is 0 Å². The summed E-state index contributed by atoms with van der Waals surface area (Å²) in [5.74, 6) is -0.0467. The molecule has 0 aromatic heterocycles. The SMILES string of the molecule is CC(C)CCN(CC(C)(C)NC(=O)[CH]C(C)C(N)=O)c1ccc(OCc2ccccc2)cc1. The standard InChI is InChI=1S/C27H38N3O3/c1-20(2)15-16-30(19-27(4,5)29-25(31)17-21(3)26(28)32)23-11-13-24(14-12-23)33-18-22-9-7-6-8-10-22/h6-14,17,20-21H,15-16,18-19H2,1-5H3,(H2,28,32)(H,29,31). The Labute approximate surface area is 198 Å². The minimum absolute atomic E-state index is 0.292. The third-order valence-electron chi connectivity index (χ3n) is 5.32. The molecule has 0 fully saturated rings. The third kappa shape index (κ3) is 9.56. The number of rotatable bonds is 13. The number of hydrogen-bond donors (Lipinski definition) is 2. The first-order valence-corrected chi connectivity index (χ1v) is 11.5. The fourth-order valence-electron chi connectivity index (χ4n) is 3.41. The summed E-state index contributed by atoms with van der Waals surface area (Å²) in [6, 6.07) is 18.1. The van der Waals surface area contributed by atoms with Crippen molar-refractivity contribution in [2.45, 2.75) is 53.2 Å². The highest BCUT2D eigenvalue weighted by Gasteiger charge is 2.26. The van der Waals surface area contributed by atoms with Gasteiger partial charge < -0.3 is 20.7 Å². The number of primary amides is 1. The highest BCUT2D eigenvalue weighted by molar-refractivity contribution is 5.92. The molecule has 3 N–H and O–H groups in total. The molecule has 0 aliphatic heterocycles.